The van der Waals surface area contributed by atoms with Crippen LogP contribution in [-0.2, 0) is 22.2 Å². The molecular weight excluding hydrogens is 637 g/mol. The SMILES string of the molecule is COc1cc(C)c(-c2cc(C)c(F)c(C(CC(=O)O)NC(=O)C(CC(C)C)n3cc(CCN(C)C)c(C(F)(F)F)c(F)c3=O)c2)c(C)c1. The summed E-state index contributed by atoms with van der Waals surface area (Å²) in [4.78, 5) is 40.7. The molecule has 8 nitrogen and oxygen atoms in total. The molecule has 262 valence electrons. The van der Waals surface area contributed by atoms with Crippen LogP contribution in [0, 0.1) is 38.3 Å². The zero-order chi connectivity index (χ0) is 36.2. The molecule has 2 N–H and O–H groups in total. The second-order valence-electron chi connectivity index (χ2n) is 12.7. The van der Waals surface area contributed by atoms with Crippen LogP contribution < -0.4 is 15.6 Å². The first-order valence-corrected chi connectivity index (χ1v) is 15.4. The monoisotopic (exact) mass is 679 g/mol. The Kier molecular flexibility index (Phi) is 12.2. The summed E-state index contributed by atoms with van der Waals surface area (Å²) in [6.45, 7) is 8.65. The zero-order valence-electron chi connectivity index (χ0n) is 28.3. The van der Waals surface area contributed by atoms with Gasteiger partial charge in [-0.05, 0) is 111 Å². The van der Waals surface area contributed by atoms with Crippen molar-refractivity contribution in [3.8, 4) is 16.9 Å². The van der Waals surface area contributed by atoms with E-state index in [2.05, 4.69) is 5.32 Å². The quantitative estimate of drug-likeness (QED) is 0.194. The Morgan fingerprint density at radius 1 is 1.00 bits per heavy atom. The van der Waals surface area contributed by atoms with Gasteiger partial charge >= 0.3 is 12.1 Å². The third-order valence-electron chi connectivity index (χ3n) is 8.09. The third-order valence-corrected chi connectivity index (χ3v) is 8.09. The predicted octanol–water partition coefficient (Wildman–Crippen LogP) is 6.77. The lowest BCUT2D eigenvalue weighted by Crippen LogP contribution is -2.42. The van der Waals surface area contributed by atoms with Gasteiger partial charge in [-0.3, -0.25) is 14.4 Å². The van der Waals surface area contributed by atoms with E-state index in [-0.39, 0.29) is 36.4 Å². The number of amides is 1. The number of rotatable bonds is 13. The summed E-state index contributed by atoms with van der Waals surface area (Å²) < 4.78 is 78.8. The minimum absolute atomic E-state index is 0.0879. The highest BCUT2D eigenvalue weighted by Crippen LogP contribution is 2.36. The Hall–Kier alpha value is -4.26. The molecule has 1 aromatic heterocycles. The van der Waals surface area contributed by atoms with Crippen LogP contribution in [0.15, 0.2) is 35.3 Å². The Bertz CT molecular complexity index is 1710. The molecule has 0 fully saturated rings. The fourth-order valence-corrected chi connectivity index (χ4v) is 5.89. The average Bonchev–Trinajstić information content (AvgIpc) is 2.96. The molecule has 0 aliphatic rings. The van der Waals surface area contributed by atoms with Crippen LogP contribution in [0.2, 0.25) is 0 Å². The highest BCUT2D eigenvalue weighted by atomic mass is 19.4. The standard InChI is InChI=1S/C35H42F5N3O5/c1-18(2)11-27(43-17-22(9-10-42(6)7)30(35(38,39)40)32(37)34(43)47)33(46)41-26(16-28(44)45)25-15-23(12-21(5)31(25)36)29-19(3)13-24(48-8)14-20(29)4/h12-15,17-18,26-27H,9-11,16H2,1-8H3,(H,41,46)(H,44,45). The molecule has 3 aromatic rings. The highest BCUT2D eigenvalue weighted by molar-refractivity contribution is 5.82. The van der Waals surface area contributed by atoms with E-state index in [0.29, 0.717) is 15.9 Å². The number of pyridine rings is 1. The van der Waals surface area contributed by atoms with Gasteiger partial charge in [0.25, 0.3) is 5.56 Å². The smallest absolute Gasteiger partial charge is 0.419 e. The Morgan fingerprint density at radius 2 is 1.60 bits per heavy atom. The molecule has 48 heavy (non-hydrogen) atoms. The normalized spacial score (nSPS) is 13.1. The number of carboxylic acid groups (broad SMARTS) is 1. The minimum Gasteiger partial charge on any atom is -0.497 e. The fourth-order valence-electron chi connectivity index (χ4n) is 5.89. The fraction of sp³-hybridized carbons (Fsp3) is 0.457. The van der Waals surface area contributed by atoms with Crippen LogP contribution in [0.4, 0.5) is 22.0 Å². The second-order valence-corrected chi connectivity index (χ2v) is 12.7. The number of aromatic nitrogens is 1. The summed E-state index contributed by atoms with van der Waals surface area (Å²) in [6.07, 6.45) is -5.48. The molecule has 0 saturated carbocycles. The summed E-state index contributed by atoms with van der Waals surface area (Å²) in [5.41, 5.74) is -0.939. The molecule has 2 atom stereocenters. The number of methoxy groups -OCH3 is 1. The van der Waals surface area contributed by atoms with Crippen molar-refractivity contribution in [1.82, 2.24) is 14.8 Å². The summed E-state index contributed by atoms with van der Waals surface area (Å²) in [6, 6.07) is 3.64. The summed E-state index contributed by atoms with van der Waals surface area (Å²) >= 11 is 0. The molecular formula is C35H42F5N3O5. The summed E-state index contributed by atoms with van der Waals surface area (Å²) in [5.74, 6) is -4.86. The van der Waals surface area contributed by atoms with E-state index in [1.54, 1.807) is 51.0 Å². The van der Waals surface area contributed by atoms with Gasteiger partial charge in [-0.1, -0.05) is 13.8 Å². The van der Waals surface area contributed by atoms with Gasteiger partial charge in [0.15, 0.2) is 0 Å². The maximum atomic E-state index is 15.8. The van der Waals surface area contributed by atoms with Gasteiger partial charge < -0.3 is 24.6 Å². The first-order chi connectivity index (χ1) is 22.3. The van der Waals surface area contributed by atoms with Crippen molar-refractivity contribution in [3.63, 3.8) is 0 Å². The number of nitrogens with one attached hydrogen (secondary N) is 1. The molecule has 3 rings (SSSR count). The zero-order valence-corrected chi connectivity index (χ0v) is 28.3. The van der Waals surface area contributed by atoms with Crippen LogP contribution in [0.5, 0.6) is 5.75 Å². The van der Waals surface area contributed by atoms with E-state index < -0.39 is 64.9 Å². The maximum Gasteiger partial charge on any atom is 0.419 e. The van der Waals surface area contributed by atoms with Crippen molar-refractivity contribution in [2.24, 2.45) is 5.92 Å². The molecule has 2 aromatic carbocycles. The second kappa shape index (κ2) is 15.3. The molecule has 13 heteroatoms. The minimum atomic E-state index is -5.17. The molecule has 0 spiro atoms. The Morgan fingerprint density at radius 3 is 2.10 bits per heavy atom. The van der Waals surface area contributed by atoms with Gasteiger partial charge in [0.1, 0.15) is 23.2 Å². The van der Waals surface area contributed by atoms with Gasteiger partial charge in [0.2, 0.25) is 11.7 Å². The number of ether oxygens (including phenoxy) is 1. The number of nitrogens with zero attached hydrogens (tertiary/aromatic N) is 2. The number of carbonyl (C=O) groups is 2. The van der Waals surface area contributed by atoms with Crippen LogP contribution in [-0.4, -0.2) is 54.2 Å². The maximum absolute atomic E-state index is 15.8. The van der Waals surface area contributed by atoms with Crippen LogP contribution in [0.1, 0.15) is 72.2 Å². The van der Waals surface area contributed by atoms with E-state index in [1.165, 1.54) is 20.1 Å². The van der Waals surface area contributed by atoms with E-state index in [0.717, 1.165) is 22.9 Å². The number of carboxylic acids is 1. The van der Waals surface area contributed by atoms with Crippen molar-refractivity contribution in [3.05, 3.63) is 85.8 Å². The molecule has 0 bridgehead atoms. The molecule has 2 unspecified atom stereocenters. The van der Waals surface area contributed by atoms with E-state index >= 15 is 8.78 Å². The van der Waals surface area contributed by atoms with Gasteiger partial charge in [0, 0.05) is 18.3 Å². The van der Waals surface area contributed by atoms with Gasteiger partial charge in [0.05, 0.1) is 19.6 Å². The number of aliphatic carboxylic acids is 1. The van der Waals surface area contributed by atoms with Crippen molar-refractivity contribution >= 4 is 11.9 Å². The number of carbonyl (C=O) groups excluding carboxylic acids is 1. The van der Waals surface area contributed by atoms with Crippen molar-refractivity contribution in [2.75, 3.05) is 27.7 Å². The molecule has 0 aliphatic heterocycles. The number of likely N-dealkylation sites (N-methyl/N-ethyl adjacent to an activating group) is 1. The molecule has 1 amide bonds. The highest BCUT2D eigenvalue weighted by Gasteiger charge is 2.40. The molecule has 0 radical (unpaired) electrons. The molecule has 0 saturated heterocycles. The van der Waals surface area contributed by atoms with E-state index in [9.17, 15) is 32.7 Å². The number of hydrogen-bond donors (Lipinski definition) is 2. The number of halogens is 5. The third kappa shape index (κ3) is 8.80. The largest absolute Gasteiger partial charge is 0.497 e. The van der Waals surface area contributed by atoms with Crippen LogP contribution >= 0.6 is 0 Å². The van der Waals surface area contributed by atoms with Crippen molar-refractivity contribution < 1.29 is 41.4 Å². The Balaban J connectivity index is 2.19. The summed E-state index contributed by atoms with van der Waals surface area (Å²) in [7, 11) is 4.76. The first kappa shape index (κ1) is 38.2. The Labute approximate surface area is 276 Å². The number of aryl methyl sites for hydroxylation is 3. The van der Waals surface area contributed by atoms with Crippen molar-refractivity contribution in [1.29, 1.82) is 0 Å². The van der Waals surface area contributed by atoms with Crippen LogP contribution in [0.3, 0.4) is 0 Å². The number of benzene rings is 2. The topological polar surface area (TPSA) is 101 Å². The lowest BCUT2D eigenvalue weighted by molar-refractivity contribution is -0.141. The average molecular weight is 680 g/mol. The van der Waals surface area contributed by atoms with E-state index in [4.69, 9.17) is 4.74 Å². The van der Waals surface area contributed by atoms with Gasteiger partial charge in [-0.15, -0.1) is 0 Å². The summed E-state index contributed by atoms with van der Waals surface area (Å²) in [5, 5.41) is 12.3. The van der Waals surface area contributed by atoms with E-state index in [1.807, 2.05) is 13.8 Å². The molecule has 0 aliphatic carbocycles. The molecule has 1 heterocycles. The number of alkyl halides is 3. The first-order valence-electron chi connectivity index (χ1n) is 15.4. The van der Waals surface area contributed by atoms with Crippen LogP contribution in [0.25, 0.3) is 11.1 Å². The van der Waals surface area contributed by atoms with Gasteiger partial charge in [-0.2, -0.15) is 13.2 Å². The predicted molar refractivity (Wildman–Crippen MR) is 172 cm³/mol. The lowest BCUT2D eigenvalue weighted by atomic mass is 9.90. The van der Waals surface area contributed by atoms with Gasteiger partial charge in [-0.25, -0.2) is 8.78 Å². The lowest BCUT2D eigenvalue weighted by Gasteiger charge is -2.27. The van der Waals surface area contributed by atoms with Crippen molar-refractivity contribution in [2.45, 2.75) is 72.1 Å². The number of hydrogen-bond acceptors (Lipinski definition) is 5.